The fourth-order valence-electron chi connectivity index (χ4n) is 1.58. The van der Waals surface area contributed by atoms with E-state index in [-0.39, 0.29) is 17.5 Å². The summed E-state index contributed by atoms with van der Waals surface area (Å²) in [5, 5.41) is 3.29. The van der Waals surface area contributed by atoms with Crippen molar-refractivity contribution in [1.82, 2.24) is 10.0 Å². The van der Waals surface area contributed by atoms with Gasteiger partial charge in [-0.2, -0.15) is 0 Å². The number of benzene rings is 1. The summed E-state index contributed by atoms with van der Waals surface area (Å²) < 4.78 is 32.6. The quantitative estimate of drug-likeness (QED) is 0.727. The van der Waals surface area contributed by atoms with Gasteiger partial charge in [-0.1, -0.05) is 19.9 Å². The van der Waals surface area contributed by atoms with Crippen LogP contribution in [0, 0.1) is 0 Å². The van der Waals surface area contributed by atoms with E-state index in [1.807, 2.05) is 12.1 Å². The van der Waals surface area contributed by atoms with Gasteiger partial charge in [-0.15, -0.1) is 0 Å². The molecule has 1 aromatic rings. The standard InChI is InChI=1S/C14H23BrN2O3S/c1-10(2)16-9-12-5-6-14(13(15)7-12)21(18,19)17-8-11(3)20-4/h5-7,10-11,16-17H,8-9H2,1-4H3. The highest BCUT2D eigenvalue weighted by atomic mass is 79.9. The van der Waals surface area contributed by atoms with Crippen LogP contribution in [0.3, 0.4) is 0 Å². The molecule has 1 atom stereocenters. The Hall–Kier alpha value is -0.470. The maximum atomic E-state index is 12.2. The van der Waals surface area contributed by atoms with Crippen molar-refractivity contribution in [1.29, 1.82) is 0 Å². The van der Waals surface area contributed by atoms with Crippen LogP contribution in [-0.2, 0) is 21.3 Å². The van der Waals surface area contributed by atoms with E-state index >= 15 is 0 Å². The topological polar surface area (TPSA) is 67.4 Å². The van der Waals surface area contributed by atoms with Crippen molar-refractivity contribution < 1.29 is 13.2 Å². The maximum Gasteiger partial charge on any atom is 0.241 e. The van der Waals surface area contributed by atoms with Crippen LogP contribution in [0.1, 0.15) is 26.3 Å². The van der Waals surface area contributed by atoms with Crippen LogP contribution >= 0.6 is 15.9 Å². The fourth-order valence-corrected chi connectivity index (χ4v) is 3.82. The first-order valence-electron chi connectivity index (χ1n) is 6.80. The number of nitrogens with one attached hydrogen (secondary N) is 2. The molecule has 0 spiro atoms. The lowest BCUT2D eigenvalue weighted by Crippen LogP contribution is -2.31. The van der Waals surface area contributed by atoms with Crippen LogP contribution in [0.5, 0.6) is 0 Å². The Morgan fingerprint density at radius 1 is 1.29 bits per heavy atom. The zero-order valence-electron chi connectivity index (χ0n) is 12.8. The van der Waals surface area contributed by atoms with Gasteiger partial charge in [-0.05, 0) is 40.5 Å². The van der Waals surface area contributed by atoms with E-state index < -0.39 is 10.0 Å². The molecule has 1 unspecified atom stereocenters. The van der Waals surface area contributed by atoms with Gasteiger partial charge in [0.1, 0.15) is 0 Å². The summed E-state index contributed by atoms with van der Waals surface area (Å²) in [5.41, 5.74) is 1.03. The highest BCUT2D eigenvalue weighted by Gasteiger charge is 2.18. The van der Waals surface area contributed by atoms with Crippen molar-refractivity contribution in [2.75, 3.05) is 13.7 Å². The highest BCUT2D eigenvalue weighted by molar-refractivity contribution is 9.10. The highest BCUT2D eigenvalue weighted by Crippen LogP contribution is 2.23. The van der Waals surface area contributed by atoms with E-state index in [1.54, 1.807) is 20.1 Å². The first-order chi connectivity index (χ1) is 9.76. The Kier molecular flexibility index (Phi) is 7.29. The van der Waals surface area contributed by atoms with Crippen molar-refractivity contribution in [2.45, 2.75) is 44.4 Å². The summed E-state index contributed by atoms with van der Waals surface area (Å²) >= 11 is 3.34. The number of halogens is 1. The summed E-state index contributed by atoms with van der Waals surface area (Å²) in [6.07, 6.45) is -0.173. The molecule has 1 aromatic carbocycles. The number of methoxy groups -OCH3 is 1. The van der Waals surface area contributed by atoms with Gasteiger partial charge in [0.05, 0.1) is 11.0 Å². The molecule has 0 fully saturated rings. The third kappa shape index (κ3) is 6.04. The minimum Gasteiger partial charge on any atom is -0.380 e. The average molecular weight is 379 g/mol. The predicted molar refractivity (Wildman–Crippen MR) is 87.8 cm³/mol. The summed E-state index contributed by atoms with van der Waals surface area (Å²) in [7, 11) is -1.99. The van der Waals surface area contributed by atoms with E-state index in [1.165, 1.54) is 0 Å². The second-order valence-electron chi connectivity index (χ2n) is 5.20. The molecule has 0 saturated carbocycles. The molecule has 120 valence electrons. The second-order valence-corrected chi connectivity index (χ2v) is 7.79. The van der Waals surface area contributed by atoms with Gasteiger partial charge in [0.25, 0.3) is 0 Å². The van der Waals surface area contributed by atoms with Gasteiger partial charge in [0, 0.05) is 30.7 Å². The minimum atomic E-state index is -3.54. The molecule has 0 bridgehead atoms. The van der Waals surface area contributed by atoms with E-state index in [2.05, 4.69) is 39.8 Å². The Balaban J connectivity index is 2.83. The van der Waals surface area contributed by atoms with Crippen molar-refractivity contribution in [3.05, 3.63) is 28.2 Å². The van der Waals surface area contributed by atoms with Gasteiger partial charge < -0.3 is 10.1 Å². The van der Waals surface area contributed by atoms with Crippen LogP contribution in [0.4, 0.5) is 0 Å². The molecule has 5 nitrogen and oxygen atoms in total. The maximum absolute atomic E-state index is 12.2. The molecule has 0 heterocycles. The van der Waals surface area contributed by atoms with Gasteiger partial charge in [0.15, 0.2) is 0 Å². The summed E-state index contributed by atoms with van der Waals surface area (Å²) in [5.74, 6) is 0. The SMILES string of the molecule is COC(C)CNS(=O)(=O)c1ccc(CNC(C)C)cc1Br. The number of sulfonamides is 1. The fraction of sp³-hybridized carbons (Fsp3) is 0.571. The minimum absolute atomic E-state index is 0.173. The largest absolute Gasteiger partial charge is 0.380 e. The molecule has 2 N–H and O–H groups in total. The van der Waals surface area contributed by atoms with Gasteiger partial charge >= 0.3 is 0 Å². The monoisotopic (exact) mass is 378 g/mol. The predicted octanol–water partition coefficient (Wildman–Crippen LogP) is 2.26. The zero-order valence-corrected chi connectivity index (χ0v) is 15.2. The van der Waals surface area contributed by atoms with Crippen LogP contribution in [-0.4, -0.2) is 34.2 Å². The van der Waals surface area contributed by atoms with E-state index in [4.69, 9.17) is 4.74 Å². The van der Waals surface area contributed by atoms with Crippen molar-refractivity contribution in [3.8, 4) is 0 Å². The first kappa shape index (κ1) is 18.6. The Bertz CT molecular complexity index is 561. The van der Waals surface area contributed by atoms with Crippen LogP contribution < -0.4 is 10.0 Å². The molecular formula is C14H23BrN2O3S. The molecule has 0 aliphatic carbocycles. The van der Waals surface area contributed by atoms with Gasteiger partial charge in [-0.25, -0.2) is 13.1 Å². The van der Waals surface area contributed by atoms with Crippen molar-refractivity contribution in [2.24, 2.45) is 0 Å². The Morgan fingerprint density at radius 3 is 2.48 bits per heavy atom. The third-order valence-corrected chi connectivity index (χ3v) is 5.36. The average Bonchev–Trinajstić information content (AvgIpc) is 2.42. The molecule has 0 saturated heterocycles. The number of ether oxygens (including phenoxy) is 1. The Morgan fingerprint density at radius 2 is 1.95 bits per heavy atom. The molecule has 0 aliphatic rings. The van der Waals surface area contributed by atoms with Crippen molar-refractivity contribution in [3.63, 3.8) is 0 Å². The number of hydrogen-bond donors (Lipinski definition) is 2. The molecule has 1 rings (SSSR count). The molecular weight excluding hydrogens is 356 g/mol. The third-order valence-electron chi connectivity index (χ3n) is 2.96. The van der Waals surface area contributed by atoms with Crippen molar-refractivity contribution >= 4 is 26.0 Å². The van der Waals surface area contributed by atoms with Crippen LogP contribution in [0.25, 0.3) is 0 Å². The normalized spacial score (nSPS) is 13.6. The van der Waals surface area contributed by atoms with E-state index in [0.29, 0.717) is 17.1 Å². The van der Waals surface area contributed by atoms with E-state index in [9.17, 15) is 8.42 Å². The van der Waals surface area contributed by atoms with Gasteiger partial charge in [-0.3, -0.25) is 0 Å². The smallest absolute Gasteiger partial charge is 0.241 e. The molecule has 7 heteroatoms. The summed E-state index contributed by atoms with van der Waals surface area (Å²) in [6, 6.07) is 5.63. The first-order valence-corrected chi connectivity index (χ1v) is 9.08. The molecule has 21 heavy (non-hydrogen) atoms. The molecule has 0 amide bonds. The van der Waals surface area contributed by atoms with E-state index in [0.717, 1.165) is 5.56 Å². The summed E-state index contributed by atoms with van der Waals surface area (Å²) in [4.78, 5) is 0.235. The lowest BCUT2D eigenvalue weighted by molar-refractivity contribution is 0.122. The Labute approximate surface area is 135 Å². The molecule has 0 radical (unpaired) electrons. The lowest BCUT2D eigenvalue weighted by atomic mass is 10.2. The molecule has 0 aliphatic heterocycles. The van der Waals surface area contributed by atoms with Gasteiger partial charge in [0.2, 0.25) is 10.0 Å². The second kappa shape index (κ2) is 8.24. The zero-order chi connectivity index (χ0) is 16.0. The van der Waals surface area contributed by atoms with Crippen LogP contribution in [0.15, 0.2) is 27.6 Å². The number of rotatable bonds is 8. The van der Waals surface area contributed by atoms with Crippen LogP contribution in [0.2, 0.25) is 0 Å². The lowest BCUT2D eigenvalue weighted by Gasteiger charge is -2.13. The summed E-state index contributed by atoms with van der Waals surface area (Å²) in [6.45, 7) is 6.87. The number of hydrogen-bond acceptors (Lipinski definition) is 4. The molecule has 0 aromatic heterocycles.